The second kappa shape index (κ2) is 8.35. The number of aryl methyl sites for hydroxylation is 4. The van der Waals surface area contributed by atoms with Crippen molar-refractivity contribution in [2.24, 2.45) is 0 Å². The van der Waals surface area contributed by atoms with E-state index in [0.717, 1.165) is 33.9 Å². The lowest BCUT2D eigenvalue weighted by atomic mass is 10.1. The minimum Gasteiger partial charge on any atom is -0.452 e. The first-order chi connectivity index (χ1) is 13.8. The number of carbonyl (C=O) groups excluding carboxylic acids is 2. The number of nitrogens with one attached hydrogen (secondary N) is 1. The number of amides is 1. The summed E-state index contributed by atoms with van der Waals surface area (Å²) in [6.07, 6.45) is 0. The molecular formula is C24H26N2O3. The monoisotopic (exact) mass is 390 g/mol. The molecule has 3 aromatic rings. The molecule has 0 bridgehead atoms. The van der Waals surface area contributed by atoms with Crippen LogP contribution in [0, 0.1) is 34.6 Å². The first-order valence-corrected chi connectivity index (χ1v) is 9.57. The summed E-state index contributed by atoms with van der Waals surface area (Å²) in [7, 11) is 0. The van der Waals surface area contributed by atoms with Gasteiger partial charge in [-0.3, -0.25) is 4.79 Å². The molecule has 1 aromatic heterocycles. The van der Waals surface area contributed by atoms with Gasteiger partial charge >= 0.3 is 5.97 Å². The molecule has 0 saturated carbocycles. The summed E-state index contributed by atoms with van der Waals surface area (Å²) in [6.45, 7) is 9.37. The maximum absolute atomic E-state index is 12.6. The number of hydrogen-bond acceptors (Lipinski definition) is 3. The van der Waals surface area contributed by atoms with Crippen LogP contribution < -0.4 is 5.32 Å². The lowest BCUT2D eigenvalue weighted by molar-refractivity contribution is -0.119. The maximum atomic E-state index is 12.6. The summed E-state index contributed by atoms with van der Waals surface area (Å²) in [5, 5.41) is 2.83. The minimum atomic E-state index is -0.506. The Morgan fingerprint density at radius 3 is 2.17 bits per heavy atom. The van der Waals surface area contributed by atoms with Gasteiger partial charge in [-0.2, -0.15) is 0 Å². The first-order valence-electron chi connectivity index (χ1n) is 9.57. The molecule has 0 unspecified atom stereocenters. The van der Waals surface area contributed by atoms with Crippen LogP contribution in [0.15, 0.2) is 48.5 Å². The molecule has 0 aliphatic carbocycles. The number of para-hydroxylation sites is 1. The third kappa shape index (κ3) is 4.40. The number of nitrogens with zero attached hydrogens (tertiary/aromatic N) is 1. The van der Waals surface area contributed by atoms with E-state index in [-0.39, 0.29) is 12.5 Å². The van der Waals surface area contributed by atoms with E-state index in [1.54, 1.807) is 6.07 Å². The molecule has 150 valence electrons. The van der Waals surface area contributed by atoms with E-state index < -0.39 is 5.97 Å². The van der Waals surface area contributed by atoms with Crippen molar-refractivity contribution < 1.29 is 14.3 Å². The van der Waals surface area contributed by atoms with Crippen molar-refractivity contribution in [1.82, 2.24) is 4.57 Å². The first kappa shape index (κ1) is 20.4. The number of esters is 1. The number of ether oxygens (including phenoxy) is 1. The molecule has 0 saturated heterocycles. The minimum absolute atomic E-state index is 0.333. The highest BCUT2D eigenvalue weighted by atomic mass is 16.5. The smallest absolute Gasteiger partial charge is 0.340 e. The number of carbonyl (C=O) groups is 2. The average Bonchev–Trinajstić information content (AvgIpc) is 2.98. The molecule has 0 radical (unpaired) electrons. The number of aromatic nitrogens is 1. The predicted octanol–water partition coefficient (Wildman–Crippen LogP) is 4.81. The fourth-order valence-corrected chi connectivity index (χ4v) is 3.46. The van der Waals surface area contributed by atoms with E-state index in [1.807, 2.05) is 81.7 Å². The van der Waals surface area contributed by atoms with Gasteiger partial charge in [-0.05, 0) is 63.9 Å². The van der Waals surface area contributed by atoms with Crippen molar-refractivity contribution in [3.63, 3.8) is 0 Å². The highest BCUT2D eigenvalue weighted by Crippen LogP contribution is 2.22. The molecule has 1 heterocycles. The van der Waals surface area contributed by atoms with Crippen LogP contribution in [0.5, 0.6) is 0 Å². The van der Waals surface area contributed by atoms with Crippen LogP contribution >= 0.6 is 0 Å². The summed E-state index contributed by atoms with van der Waals surface area (Å²) >= 11 is 0. The molecule has 2 aromatic carbocycles. The van der Waals surface area contributed by atoms with Crippen molar-refractivity contribution in [3.8, 4) is 5.69 Å². The Morgan fingerprint density at radius 2 is 1.55 bits per heavy atom. The van der Waals surface area contributed by atoms with Gasteiger partial charge in [-0.25, -0.2) is 4.79 Å². The van der Waals surface area contributed by atoms with Gasteiger partial charge in [0.1, 0.15) is 0 Å². The quantitative estimate of drug-likeness (QED) is 0.636. The molecule has 1 amide bonds. The Bertz CT molecular complexity index is 1040. The fraction of sp³-hybridized carbons (Fsp3) is 0.250. The third-order valence-corrected chi connectivity index (χ3v) is 5.02. The van der Waals surface area contributed by atoms with Gasteiger partial charge in [-0.1, -0.05) is 35.9 Å². The van der Waals surface area contributed by atoms with Gasteiger partial charge in [0.15, 0.2) is 6.61 Å². The van der Waals surface area contributed by atoms with Crippen LogP contribution in [-0.4, -0.2) is 23.1 Å². The maximum Gasteiger partial charge on any atom is 0.340 e. The normalized spacial score (nSPS) is 10.7. The van der Waals surface area contributed by atoms with Crippen molar-refractivity contribution in [2.45, 2.75) is 34.6 Å². The van der Waals surface area contributed by atoms with Gasteiger partial charge in [0.2, 0.25) is 0 Å². The van der Waals surface area contributed by atoms with Crippen LogP contribution in [0.2, 0.25) is 0 Å². The van der Waals surface area contributed by atoms with Gasteiger partial charge in [0.25, 0.3) is 5.91 Å². The molecule has 0 atom stereocenters. The van der Waals surface area contributed by atoms with Crippen LogP contribution in [0.4, 0.5) is 5.69 Å². The predicted molar refractivity (Wildman–Crippen MR) is 115 cm³/mol. The summed E-state index contributed by atoms with van der Waals surface area (Å²) < 4.78 is 7.29. The van der Waals surface area contributed by atoms with E-state index in [0.29, 0.717) is 5.56 Å². The van der Waals surface area contributed by atoms with E-state index in [1.165, 1.54) is 5.56 Å². The molecule has 29 heavy (non-hydrogen) atoms. The zero-order valence-corrected chi connectivity index (χ0v) is 17.5. The second-order valence-electron chi connectivity index (χ2n) is 7.35. The fourth-order valence-electron chi connectivity index (χ4n) is 3.46. The van der Waals surface area contributed by atoms with E-state index in [9.17, 15) is 9.59 Å². The molecular weight excluding hydrogens is 364 g/mol. The summed E-state index contributed by atoms with van der Waals surface area (Å²) in [5.74, 6) is -0.865. The van der Waals surface area contributed by atoms with E-state index in [2.05, 4.69) is 5.32 Å². The van der Waals surface area contributed by atoms with E-state index in [4.69, 9.17) is 4.74 Å². The molecule has 0 aliphatic rings. The SMILES string of the molecule is Cc1ccc(-n2c(C)cc(C(=O)OCC(=O)Nc3c(C)cccc3C)c2C)cc1. The number of anilines is 1. The molecule has 1 N–H and O–H groups in total. The number of hydrogen-bond donors (Lipinski definition) is 1. The van der Waals surface area contributed by atoms with Crippen molar-refractivity contribution in [1.29, 1.82) is 0 Å². The van der Waals surface area contributed by atoms with Crippen LogP contribution in [-0.2, 0) is 9.53 Å². The van der Waals surface area contributed by atoms with Gasteiger partial charge in [-0.15, -0.1) is 0 Å². The highest BCUT2D eigenvalue weighted by molar-refractivity contribution is 5.97. The van der Waals surface area contributed by atoms with Gasteiger partial charge < -0.3 is 14.6 Å². The third-order valence-electron chi connectivity index (χ3n) is 5.02. The zero-order chi connectivity index (χ0) is 21.1. The summed E-state index contributed by atoms with van der Waals surface area (Å²) in [6, 6.07) is 15.7. The Balaban J connectivity index is 1.71. The highest BCUT2D eigenvalue weighted by Gasteiger charge is 2.19. The average molecular weight is 390 g/mol. The molecule has 0 aliphatic heterocycles. The van der Waals surface area contributed by atoms with Crippen molar-refractivity contribution in [2.75, 3.05) is 11.9 Å². The number of rotatable bonds is 5. The van der Waals surface area contributed by atoms with Crippen molar-refractivity contribution >= 4 is 17.6 Å². The van der Waals surface area contributed by atoms with Crippen LogP contribution in [0.3, 0.4) is 0 Å². The topological polar surface area (TPSA) is 60.3 Å². The lowest BCUT2D eigenvalue weighted by Gasteiger charge is -2.12. The molecule has 5 nitrogen and oxygen atoms in total. The Morgan fingerprint density at radius 1 is 0.931 bits per heavy atom. The van der Waals surface area contributed by atoms with Crippen LogP contribution in [0.25, 0.3) is 5.69 Å². The van der Waals surface area contributed by atoms with Gasteiger partial charge in [0, 0.05) is 22.8 Å². The molecule has 0 fully saturated rings. The molecule has 0 spiro atoms. The molecule has 5 heteroatoms. The van der Waals surface area contributed by atoms with Crippen molar-refractivity contribution in [3.05, 3.63) is 82.2 Å². The largest absolute Gasteiger partial charge is 0.452 e. The van der Waals surface area contributed by atoms with Crippen LogP contribution in [0.1, 0.15) is 38.4 Å². The van der Waals surface area contributed by atoms with Gasteiger partial charge in [0.05, 0.1) is 5.56 Å². The Kier molecular flexibility index (Phi) is 5.87. The lowest BCUT2D eigenvalue weighted by Crippen LogP contribution is -2.22. The summed E-state index contributed by atoms with van der Waals surface area (Å²) in [4.78, 5) is 24.9. The second-order valence-corrected chi connectivity index (χ2v) is 7.35. The zero-order valence-electron chi connectivity index (χ0n) is 17.5. The Labute approximate surface area is 171 Å². The van der Waals surface area contributed by atoms with E-state index >= 15 is 0 Å². The Hall–Kier alpha value is -3.34. The molecule has 3 rings (SSSR count). The summed E-state index contributed by atoms with van der Waals surface area (Å²) in [5.41, 5.74) is 7.01. The standard InChI is InChI=1S/C24H26N2O3/c1-15-9-11-20(12-10-15)26-18(4)13-21(19(26)5)24(28)29-14-22(27)25-23-16(2)7-6-8-17(23)3/h6-13H,14H2,1-5H3,(H,25,27). The number of benzene rings is 2.